The second-order valence-corrected chi connectivity index (χ2v) is 4.51. The largest absolute Gasteiger partial charge is 0.397 e. The van der Waals surface area contributed by atoms with E-state index in [9.17, 15) is 4.79 Å². The molecule has 5 nitrogen and oxygen atoms in total. The van der Waals surface area contributed by atoms with Gasteiger partial charge in [-0.15, -0.1) is 0 Å². The number of carbonyl (C=O) groups excluding carboxylic acids is 1. The number of carbonyl (C=O) groups is 1. The Morgan fingerprint density at radius 2 is 2.06 bits per heavy atom. The molecule has 0 aromatic carbocycles. The van der Waals surface area contributed by atoms with E-state index in [4.69, 9.17) is 17.3 Å². The summed E-state index contributed by atoms with van der Waals surface area (Å²) in [4.78, 5) is 19.5. The Labute approximate surface area is 106 Å². The first kappa shape index (κ1) is 13.7. The molecule has 1 aromatic heterocycles. The number of rotatable bonds is 4. The molecule has 1 aromatic rings. The normalized spacial score (nSPS) is 10.6. The van der Waals surface area contributed by atoms with Crippen molar-refractivity contribution in [1.29, 1.82) is 0 Å². The molecule has 0 fully saturated rings. The minimum Gasteiger partial charge on any atom is -0.397 e. The van der Waals surface area contributed by atoms with Crippen LogP contribution in [0.2, 0.25) is 5.15 Å². The summed E-state index contributed by atoms with van der Waals surface area (Å²) < 4.78 is 0. The van der Waals surface area contributed by atoms with Crippen molar-refractivity contribution in [1.82, 2.24) is 14.8 Å². The van der Waals surface area contributed by atoms with Crippen LogP contribution in [0.4, 0.5) is 5.69 Å². The maximum atomic E-state index is 12.1. The smallest absolute Gasteiger partial charge is 0.255 e. The summed E-state index contributed by atoms with van der Waals surface area (Å²) in [5, 5.41) is 0.267. The number of nitrogen functional groups attached to an aromatic ring is 1. The van der Waals surface area contributed by atoms with E-state index in [1.807, 2.05) is 19.0 Å². The molecule has 0 spiro atoms. The van der Waals surface area contributed by atoms with Crippen LogP contribution in [0.25, 0.3) is 0 Å². The van der Waals surface area contributed by atoms with Crippen LogP contribution in [0.15, 0.2) is 12.3 Å². The number of halogens is 1. The molecular formula is C11H17ClN4O. The monoisotopic (exact) mass is 256 g/mol. The fourth-order valence-corrected chi connectivity index (χ4v) is 1.44. The molecule has 0 radical (unpaired) electrons. The zero-order valence-corrected chi connectivity index (χ0v) is 11.0. The van der Waals surface area contributed by atoms with E-state index in [1.54, 1.807) is 11.9 Å². The van der Waals surface area contributed by atoms with Gasteiger partial charge in [-0.1, -0.05) is 11.6 Å². The number of nitrogens with zero attached hydrogens (tertiary/aromatic N) is 3. The van der Waals surface area contributed by atoms with Crippen molar-refractivity contribution >= 4 is 23.2 Å². The van der Waals surface area contributed by atoms with E-state index in [1.165, 1.54) is 12.3 Å². The van der Waals surface area contributed by atoms with Gasteiger partial charge in [-0.05, 0) is 20.2 Å². The number of hydrogen-bond donors (Lipinski definition) is 1. The third-order valence-electron chi connectivity index (χ3n) is 2.36. The molecule has 2 N–H and O–H groups in total. The van der Waals surface area contributed by atoms with Crippen LogP contribution in [0, 0.1) is 0 Å². The SMILES string of the molecule is CN(C)CCN(C)C(=O)c1cc(Cl)ncc1N. The van der Waals surface area contributed by atoms with Crippen molar-refractivity contribution < 1.29 is 4.79 Å². The molecule has 0 saturated heterocycles. The predicted molar refractivity (Wildman–Crippen MR) is 69.2 cm³/mol. The molecule has 0 aliphatic heterocycles. The number of amides is 1. The average Bonchev–Trinajstić information content (AvgIpc) is 2.28. The summed E-state index contributed by atoms with van der Waals surface area (Å²) in [6.45, 7) is 1.42. The standard InChI is InChI=1S/C11H17ClN4O/c1-15(2)4-5-16(3)11(17)8-6-10(12)14-7-9(8)13/h6-7H,4-5,13H2,1-3H3. The first-order valence-electron chi connectivity index (χ1n) is 5.23. The molecule has 0 bridgehead atoms. The Morgan fingerprint density at radius 1 is 1.41 bits per heavy atom. The number of hydrogen-bond acceptors (Lipinski definition) is 4. The van der Waals surface area contributed by atoms with Crippen molar-refractivity contribution in [2.75, 3.05) is 40.0 Å². The molecule has 0 unspecified atom stereocenters. The number of anilines is 1. The maximum absolute atomic E-state index is 12.1. The summed E-state index contributed by atoms with van der Waals surface area (Å²) in [6, 6.07) is 1.49. The number of nitrogens with two attached hydrogens (primary N) is 1. The van der Waals surface area contributed by atoms with Crippen LogP contribution >= 0.6 is 11.6 Å². The lowest BCUT2D eigenvalue weighted by molar-refractivity contribution is 0.0787. The van der Waals surface area contributed by atoms with Crippen molar-refractivity contribution in [3.05, 3.63) is 23.0 Å². The van der Waals surface area contributed by atoms with Gasteiger partial charge in [0.05, 0.1) is 17.4 Å². The van der Waals surface area contributed by atoms with Gasteiger partial charge in [0.25, 0.3) is 5.91 Å². The quantitative estimate of drug-likeness (QED) is 0.815. The van der Waals surface area contributed by atoms with Gasteiger partial charge in [-0.2, -0.15) is 0 Å². The Balaban J connectivity index is 2.78. The molecule has 94 valence electrons. The Morgan fingerprint density at radius 3 is 2.65 bits per heavy atom. The van der Waals surface area contributed by atoms with Crippen LogP contribution in [-0.2, 0) is 0 Å². The molecule has 6 heteroatoms. The molecule has 1 amide bonds. The molecule has 0 aliphatic rings. The van der Waals surface area contributed by atoms with Gasteiger partial charge in [0.15, 0.2) is 0 Å². The maximum Gasteiger partial charge on any atom is 0.255 e. The Kier molecular flexibility index (Phi) is 4.72. The van der Waals surface area contributed by atoms with Gasteiger partial charge >= 0.3 is 0 Å². The van der Waals surface area contributed by atoms with Gasteiger partial charge in [-0.3, -0.25) is 4.79 Å². The fourth-order valence-electron chi connectivity index (χ4n) is 1.28. The molecular weight excluding hydrogens is 240 g/mol. The second-order valence-electron chi connectivity index (χ2n) is 4.12. The predicted octanol–water partition coefficient (Wildman–Crippen LogP) is 0.951. The zero-order valence-electron chi connectivity index (χ0n) is 10.3. The van der Waals surface area contributed by atoms with Crippen LogP contribution in [0.5, 0.6) is 0 Å². The van der Waals surface area contributed by atoms with E-state index in [2.05, 4.69) is 4.98 Å². The number of aromatic nitrogens is 1. The minimum absolute atomic E-state index is 0.145. The second kappa shape index (κ2) is 5.84. The van der Waals surface area contributed by atoms with Crippen LogP contribution in [-0.4, -0.2) is 54.9 Å². The molecule has 1 rings (SSSR count). The highest BCUT2D eigenvalue weighted by Gasteiger charge is 2.15. The third kappa shape index (κ3) is 3.87. The molecule has 0 aliphatic carbocycles. The van der Waals surface area contributed by atoms with Crippen LogP contribution < -0.4 is 5.73 Å². The average molecular weight is 257 g/mol. The van der Waals surface area contributed by atoms with Gasteiger partial charge in [0, 0.05) is 20.1 Å². The van der Waals surface area contributed by atoms with E-state index in [-0.39, 0.29) is 11.1 Å². The summed E-state index contributed by atoms with van der Waals surface area (Å²) >= 11 is 5.75. The lowest BCUT2D eigenvalue weighted by Gasteiger charge is -2.20. The van der Waals surface area contributed by atoms with Crippen molar-refractivity contribution in [2.24, 2.45) is 0 Å². The summed E-state index contributed by atoms with van der Waals surface area (Å²) in [5.41, 5.74) is 6.44. The first-order valence-corrected chi connectivity index (χ1v) is 5.61. The summed E-state index contributed by atoms with van der Waals surface area (Å²) in [6.07, 6.45) is 1.40. The van der Waals surface area contributed by atoms with Crippen LogP contribution in [0.1, 0.15) is 10.4 Å². The first-order chi connectivity index (χ1) is 7.91. The zero-order chi connectivity index (χ0) is 13.0. The number of pyridine rings is 1. The fraction of sp³-hybridized carbons (Fsp3) is 0.455. The van der Waals surface area contributed by atoms with Gasteiger partial charge in [-0.25, -0.2) is 4.98 Å². The van der Waals surface area contributed by atoms with Gasteiger partial charge in [0.1, 0.15) is 5.15 Å². The summed E-state index contributed by atoms with van der Waals surface area (Å²) in [7, 11) is 5.64. The van der Waals surface area contributed by atoms with Crippen molar-refractivity contribution in [2.45, 2.75) is 0 Å². The lowest BCUT2D eigenvalue weighted by atomic mass is 10.2. The van der Waals surface area contributed by atoms with Crippen molar-refractivity contribution in [3.8, 4) is 0 Å². The molecule has 0 saturated carbocycles. The molecule has 0 atom stereocenters. The van der Waals surface area contributed by atoms with Gasteiger partial charge < -0.3 is 15.5 Å². The van der Waals surface area contributed by atoms with E-state index < -0.39 is 0 Å². The Bertz CT molecular complexity index is 408. The van der Waals surface area contributed by atoms with E-state index >= 15 is 0 Å². The number of likely N-dealkylation sites (N-methyl/N-ethyl adjacent to an activating group) is 2. The molecule has 1 heterocycles. The highest BCUT2D eigenvalue weighted by atomic mass is 35.5. The topological polar surface area (TPSA) is 62.5 Å². The van der Waals surface area contributed by atoms with Gasteiger partial charge in [0.2, 0.25) is 0 Å². The van der Waals surface area contributed by atoms with Crippen molar-refractivity contribution in [3.63, 3.8) is 0 Å². The summed E-state index contributed by atoms with van der Waals surface area (Å²) in [5.74, 6) is -0.145. The molecule has 17 heavy (non-hydrogen) atoms. The Hall–Kier alpha value is -1.33. The highest BCUT2D eigenvalue weighted by Crippen LogP contribution is 2.16. The minimum atomic E-state index is -0.145. The van der Waals surface area contributed by atoms with E-state index in [0.29, 0.717) is 17.8 Å². The van der Waals surface area contributed by atoms with E-state index in [0.717, 1.165) is 6.54 Å². The third-order valence-corrected chi connectivity index (χ3v) is 2.57. The lowest BCUT2D eigenvalue weighted by Crippen LogP contribution is -2.33. The highest BCUT2D eigenvalue weighted by molar-refractivity contribution is 6.29. The van der Waals surface area contributed by atoms with Crippen LogP contribution in [0.3, 0.4) is 0 Å².